The van der Waals surface area contributed by atoms with E-state index in [2.05, 4.69) is 34.9 Å². The van der Waals surface area contributed by atoms with E-state index < -0.39 is 18.0 Å². The highest BCUT2D eigenvalue weighted by Gasteiger charge is 2.33. The summed E-state index contributed by atoms with van der Waals surface area (Å²) in [4.78, 5) is 35.5. The van der Waals surface area contributed by atoms with Crippen molar-refractivity contribution in [1.29, 1.82) is 0 Å². The summed E-state index contributed by atoms with van der Waals surface area (Å²) in [5.74, 6) is -0.697. The fourth-order valence-corrected chi connectivity index (χ4v) is 5.38. The Labute approximate surface area is 197 Å². The van der Waals surface area contributed by atoms with Gasteiger partial charge in [-0.25, -0.2) is 4.79 Å². The van der Waals surface area contributed by atoms with E-state index in [1.807, 2.05) is 24.3 Å². The van der Waals surface area contributed by atoms with E-state index in [1.165, 1.54) is 34.0 Å². The second kappa shape index (κ2) is 10.7. The van der Waals surface area contributed by atoms with Crippen molar-refractivity contribution >= 4 is 29.7 Å². The second-order valence-corrected chi connectivity index (χ2v) is 9.46. The van der Waals surface area contributed by atoms with Gasteiger partial charge in [-0.15, -0.1) is 0 Å². The van der Waals surface area contributed by atoms with Crippen LogP contribution in [0.25, 0.3) is 11.1 Å². The molecule has 174 valence electrons. The lowest BCUT2D eigenvalue weighted by Crippen LogP contribution is -2.41. The highest BCUT2D eigenvalue weighted by molar-refractivity contribution is 7.99. The number of hydrogen-bond donors (Lipinski definition) is 3. The summed E-state index contributed by atoms with van der Waals surface area (Å²) < 4.78 is 5.50. The Kier molecular flexibility index (Phi) is 7.54. The summed E-state index contributed by atoms with van der Waals surface area (Å²) in [6.07, 6.45) is 1.66. The van der Waals surface area contributed by atoms with Crippen LogP contribution in [0.1, 0.15) is 36.3 Å². The van der Waals surface area contributed by atoms with E-state index in [1.54, 1.807) is 0 Å². The van der Waals surface area contributed by atoms with Crippen LogP contribution in [0.3, 0.4) is 0 Å². The van der Waals surface area contributed by atoms with Crippen molar-refractivity contribution in [3.63, 3.8) is 0 Å². The van der Waals surface area contributed by atoms with Crippen LogP contribution in [0.5, 0.6) is 0 Å². The molecule has 0 saturated heterocycles. The maximum atomic E-state index is 12.2. The zero-order valence-corrected chi connectivity index (χ0v) is 19.1. The Balaban J connectivity index is 1.15. The van der Waals surface area contributed by atoms with E-state index in [9.17, 15) is 19.5 Å². The van der Waals surface area contributed by atoms with Gasteiger partial charge in [-0.05, 0) is 35.1 Å². The third-order valence-corrected chi connectivity index (χ3v) is 7.23. The summed E-state index contributed by atoms with van der Waals surface area (Å²) in [6.45, 7) is 0.650. The van der Waals surface area contributed by atoms with Crippen LogP contribution >= 0.6 is 11.8 Å². The summed E-state index contributed by atoms with van der Waals surface area (Å²) in [5, 5.41) is 14.8. The number of rotatable bonds is 9. The van der Waals surface area contributed by atoms with Crippen LogP contribution < -0.4 is 10.6 Å². The van der Waals surface area contributed by atoms with Crippen LogP contribution in [0.15, 0.2) is 48.5 Å². The predicted octanol–water partition coefficient (Wildman–Crippen LogP) is 3.63. The Morgan fingerprint density at radius 2 is 1.67 bits per heavy atom. The molecule has 8 heteroatoms. The first-order valence-electron chi connectivity index (χ1n) is 11.2. The standard InChI is InChI=1S/C25H28N2O5S/c28-23(27-22-11-5-10-20(22)24(29)30)15-33-13-12-26-25(31)32-14-21-18-8-3-1-6-16(18)17-7-2-4-9-19(17)21/h1-4,6-9,20-22H,5,10-15H2,(H,26,31)(H,27,28)(H,29,30)/t20-,22+/m1/s1. The Morgan fingerprint density at radius 1 is 1.00 bits per heavy atom. The van der Waals surface area contributed by atoms with Crippen LogP contribution in [0, 0.1) is 5.92 Å². The summed E-state index contributed by atoms with van der Waals surface area (Å²) in [7, 11) is 0. The number of thioether (sulfide) groups is 1. The zero-order chi connectivity index (χ0) is 23.2. The fraction of sp³-hybridized carbons (Fsp3) is 0.400. The average Bonchev–Trinajstić information content (AvgIpc) is 3.40. The summed E-state index contributed by atoms with van der Waals surface area (Å²) in [5.41, 5.74) is 4.70. The normalized spacial score (nSPS) is 18.9. The van der Waals surface area contributed by atoms with Gasteiger partial charge in [-0.1, -0.05) is 55.0 Å². The molecule has 2 aromatic carbocycles. The van der Waals surface area contributed by atoms with Crippen LogP contribution in [-0.4, -0.2) is 53.8 Å². The van der Waals surface area contributed by atoms with Gasteiger partial charge >= 0.3 is 12.1 Å². The minimum atomic E-state index is -0.849. The number of carbonyl (C=O) groups excluding carboxylic acids is 2. The number of hydrogen-bond acceptors (Lipinski definition) is 5. The minimum Gasteiger partial charge on any atom is -0.481 e. The number of amides is 2. The molecule has 0 aliphatic heterocycles. The zero-order valence-electron chi connectivity index (χ0n) is 18.3. The molecule has 0 bridgehead atoms. The minimum absolute atomic E-state index is 0.0198. The molecule has 2 aliphatic carbocycles. The van der Waals surface area contributed by atoms with Crippen molar-refractivity contribution < 1.29 is 24.2 Å². The molecule has 0 heterocycles. The molecule has 3 N–H and O–H groups in total. The van der Waals surface area contributed by atoms with Gasteiger partial charge in [0.25, 0.3) is 0 Å². The molecule has 2 atom stereocenters. The topological polar surface area (TPSA) is 105 Å². The maximum absolute atomic E-state index is 12.2. The molecule has 1 saturated carbocycles. The van der Waals surface area contributed by atoms with Crippen LogP contribution in [0.4, 0.5) is 4.79 Å². The van der Waals surface area contributed by atoms with Crippen molar-refractivity contribution in [2.24, 2.45) is 5.92 Å². The molecule has 7 nitrogen and oxygen atoms in total. The number of aliphatic carboxylic acids is 1. The fourth-order valence-electron chi connectivity index (χ4n) is 4.72. The van der Waals surface area contributed by atoms with Crippen molar-refractivity contribution in [2.75, 3.05) is 24.7 Å². The molecular formula is C25H28N2O5S. The molecule has 0 aromatic heterocycles. The largest absolute Gasteiger partial charge is 0.481 e. The van der Waals surface area contributed by atoms with E-state index in [4.69, 9.17) is 4.74 Å². The third-order valence-electron chi connectivity index (χ3n) is 6.27. The Hall–Kier alpha value is -3.00. The van der Waals surface area contributed by atoms with Gasteiger partial charge in [0, 0.05) is 24.3 Å². The predicted molar refractivity (Wildman–Crippen MR) is 127 cm³/mol. The van der Waals surface area contributed by atoms with Gasteiger partial charge in [0.15, 0.2) is 0 Å². The number of carbonyl (C=O) groups is 3. The lowest BCUT2D eigenvalue weighted by atomic mass is 9.98. The average molecular weight is 469 g/mol. The Morgan fingerprint density at radius 3 is 2.33 bits per heavy atom. The van der Waals surface area contributed by atoms with Crippen molar-refractivity contribution in [3.8, 4) is 11.1 Å². The van der Waals surface area contributed by atoms with Crippen molar-refractivity contribution in [3.05, 3.63) is 59.7 Å². The van der Waals surface area contributed by atoms with Gasteiger partial charge in [0.2, 0.25) is 5.91 Å². The van der Waals surface area contributed by atoms with E-state index >= 15 is 0 Å². The quantitative estimate of drug-likeness (QED) is 0.486. The van der Waals surface area contributed by atoms with Gasteiger partial charge in [-0.2, -0.15) is 11.8 Å². The second-order valence-electron chi connectivity index (χ2n) is 8.35. The Bertz CT molecular complexity index is 982. The molecule has 2 amide bonds. The number of carboxylic acids is 1. The summed E-state index contributed by atoms with van der Waals surface area (Å²) >= 11 is 1.39. The van der Waals surface area contributed by atoms with Crippen LogP contribution in [0.2, 0.25) is 0 Å². The number of alkyl carbamates (subject to hydrolysis) is 1. The molecule has 33 heavy (non-hydrogen) atoms. The SMILES string of the molecule is O=C(CSCCNC(=O)OCC1c2ccccc2-c2ccccc21)N[C@H]1CCC[C@H]1C(=O)O. The van der Waals surface area contributed by atoms with Crippen molar-refractivity contribution in [2.45, 2.75) is 31.2 Å². The summed E-state index contributed by atoms with van der Waals surface area (Å²) in [6, 6.07) is 16.1. The first-order chi connectivity index (χ1) is 16.0. The van der Waals surface area contributed by atoms with Gasteiger partial charge in [0.1, 0.15) is 6.61 Å². The molecule has 0 unspecified atom stereocenters. The lowest BCUT2D eigenvalue weighted by molar-refractivity contribution is -0.142. The monoisotopic (exact) mass is 468 g/mol. The molecule has 0 radical (unpaired) electrons. The number of fused-ring (bicyclic) bond motifs is 3. The number of benzene rings is 2. The first-order valence-corrected chi connectivity index (χ1v) is 12.4. The van der Waals surface area contributed by atoms with Gasteiger partial charge in [-0.3, -0.25) is 9.59 Å². The van der Waals surface area contributed by atoms with E-state index in [0.29, 0.717) is 25.1 Å². The first kappa shape index (κ1) is 23.2. The van der Waals surface area contributed by atoms with E-state index in [-0.39, 0.29) is 30.2 Å². The molecule has 4 rings (SSSR count). The number of carboxylic acid groups (broad SMARTS) is 1. The molecule has 1 fully saturated rings. The van der Waals surface area contributed by atoms with Crippen LogP contribution in [-0.2, 0) is 14.3 Å². The molecule has 0 spiro atoms. The smallest absolute Gasteiger partial charge is 0.407 e. The lowest BCUT2D eigenvalue weighted by Gasteiger charge is -2.17. The van der Waals surface area contributed by atoms with Gasteiger partial charge in [0.05, 0.1) is 11.7 Å². The highest BCUT2D eigenvalue weighted by Crippen LogP contribution is 2.44. The van der Waals surface area contributed by atoms with E-state index in [0.717, 1.165) is 6.42 Å². The molecule has 2 aliphatic rings. The van der Waals surface area contributed by atoms with Gasteiger partial charge < -0.3 is 20.5 Å². The third kappa shape index (κ3) is 5.50. The molecular weight excluding hydrogens is 440 g/mol. The molecule has 2 aromatic rings. The number of ether oxygens (including phenoxy) is 1. The van der Waals surface area contributed by atoms with Crippen molar-refractivity contribution in [1.82, 2.24) is 10.6 Å². The number of nitrogens with one attached hydrogen (secondary N) is 2. The highest BCUT2D eigenvalue weighted by atomic mass is 32.2. The maximum Gasteiger partial charge on any atom is 0.407 e.